The molecular formula is C25H23ClN3O3+. The molecule has 2 atom stereocenters. The summed E-state index contributed by atoms with van der Waals surface area (Å²) in [7, 11) is 1.61. The minimum Gasteiger partial charge on any atom is -0.497 e. The lowest BCUT2D eigenvalue weighted by Crippen LogP contribution is -2.42. The van der Waals surface area contributed by atoms with E-state index in [1.807, 2.05) is 61.7 Å². The molecule has 162 valence electrons. The molecule has 1 fully saturated rings. The molecule has 4 rings (SSSR count). The molecule has 3 aromatic rings. The van der Waals surface area contributed by atoms with Gasteiger partial charge in [-0.3, -0.25) is 9.59 Å². The number of hydrogen-bond donors (Lipinski definition) is 2. The third kappa shape index (κ3) is 4.65. The second-order valence-electron chi connectivity index (χ2n) is 7.60. The van der Waals surface area contributed by atoms with E-state index in [1.165, 1.54) is 0 Å². The van der Waals surface area contributed by atoms with Crippen molar-refractivity contribution in [1.29, 1.82) is 0 Å². The van der Waals surface area contributed by atoms with Crippen LogP contribution in [0.15, 0.2) is 72.8 Å². The highest BCUT2D eigenvalue weighted by Gasteiger charge is 2.47. The number of rotatable bonds is 5. The summed E-state index contributed by atoms with van der Waals surface area (Å²) in [5.41, 5.74) is 6.21. The van der Waals surface area contributed by atoms with Crippen LogP contribution in [0.2, 0.25) is 5.02 Å². The summed E-state index contributed by atoms with van der Waals surface area (Å²) in [5, 5.41) is 3.43. The maximum absolute atomic E-state index is 12.9. The van der Waals surface area contributed by atoms with Crippen LogP contribution in [0.3, 0.4) is 0 Å². The van der Waals surface area contributed by atoms with E-state index in [2.05, 4.69) is 10.7 Å². The molecule has 1 saturated heterocycles. The van der Waals surface area contributed by atoms with E-state index in [0.717, 1.165) is 22.4 Å². The lowest BCUT2D eigenvalue weighted by Gasteiger charge is -2.15. The first-order valence-corrected chi connectivity index (χ1v) is 10.5. The van der Waals surface area contributed by atoms with Crippen molar-refractivity contribution in [3.8, 4) is 5.75 Å². The van der Waals surface area contributed by atoms with Crippen LogP contribution in [0.1, 0.15) is 33.1 Å². The minimum absolute atomic E-state index is 0.289. The second-order valence-corrected chi connectivity index (χ2v) is 8.04. The molecule has 2 amide bonds. The minimum atomic E-state index is -0.782. The monoisotopic (exact) mass is 448 g/mol. The van der Waals surface area contributed by atoms with Crippen LogP contribution in [0.25, 0.3) is 0 Å². The average molecular weight is 449 g/mol. The molecule has 32 heavy (non-hydrogen) atoms. The predicted octanol–water partition coefficient (Wildman–Crippen LogP) is 3.67. The van der Waals surface area contributed by atoms with Crippen LogP contribution in [-0.2, 0) is 4.79 Å². The Kier molecular flexibility index (Phi) is 6.23. The number of aryl methyl sites for hydroxylation is 1. The van der Waals surface area contributed by atoms with E-state index in [1.54, 1.807) is 36.1 Å². The van der Waals surface area contributed by atoms with Gasteiger partial charge in [-0.1, -0.05) is 41.4 Å². The van der Waals surface area contributed by atoms with Gasteiger partial charge in [-0.25, -0.2) is 0 Å². The van der Waals surface area contributed by atoms with Crippen molar-refractivity contribution in [2.24, 2.45) is 0 Å². The Morgan fingerprint density at radius 1 is 1.03 bits per heavy atom. The van der Waals surface area contributed by atoms with E-state index in [4.69, 9.17) is 16.3 Å². The van der Waals surface area contributed by atoms with Gasteiger partial charge < -0.3 is 10.1 Å². The molecule has 1 aliphatic heterocycles. The normalized spacial score (nSPS) is 19.0. The van der Waals surface area contributed by atoms with E-state index in [0.29, 0.717) is 10.6 Å². The van der Waals surface area contributed by atoms with Crippen LogP contribution in [0.4, 0.5) is 0 Å². The third-order valence-corrected chi connectivity index (χ3v) is 5.61. The van der Waals surface area contributed by atoms with Crippen molar-refractivity contribution in [3.05, 3.63) is 100 Å². The standard InChI is InChI=1S/C25H22ClN3O3/c1-16-3-7-18(8-4-16)23-22(27-24(30)19-9-11-20(26)12-10-19)25(31)28-29(23)15-17-5-13-21(32-2)14-6-17/h3-15,22-23H,1-2H3,(H-,27,28,30,31)/p+1/b29-15-/t22-,23+/m1/s1. The zero-order valence-electron chi connectivity index (χ0n) is 17.7. The summed E-state index contributed by atoms with van der Waals surface area (Å²) in [5.74, 6) is 0.115. The molecule has 0 saturated carbocycles. The smallest absolute Gasteiger partial charge is 0.304 e. The number of hydrogen-bond acceptors (Lipinski definition) is 3. The van der Waals surface area contributed by atoms with Crippen molar-refractivity contribution in [1.82, 2.24) is 10.7 Å². The molecule has 7 heteroatoms. The number of methoxy groups -OCH3 is 1. The van der Waals surface area contributed by atoms with Crippen LogP contribution < -0.4 is 15.5 Å². The Bertz CT molecular complexity index is 1160. The quantitative estimate of drug-likeness (QED) is 0.585. The van der Waals surface area contributed by atoms with Gasteiger partial charge in [-0.15, -0.1) is 10.1 Å². The van der Waals surface area contributed by atoms with E-state index in [-0.39, 0.29) is 11.8 Å². The first kappa shape index (κ1) is 21.6. The Hall–Kier alpha value is -3.64. The number of nitrogens with one attached hydrogen (secondary N) is 2. The highest BCUT2D eigenvalue weighted by atomic mass is 35.5. The van der Waals surface area contributed by atoms with Gasteiger partial charge in [0.1, 0.15) is 5.75 Å². The molecule has 0 spiro atoms. The number of nitrogens with zero attached hydrogens (tertiary/aromatic N) is 1. The molecular weight excluding hydrogens is 426 g/mol. The molecule has 0 aromatic heterocycles. The zero-order chi connectivity index (χ0) is 22.7. The van der Waals surface area contributed by atoms with Crippen molar-refractivity contribution < 1.29 is 19.0 Å². The van der Waals surface area contributed by atoms with Crippen molar-refractivity contribution in [3.63, 3.8) is 0 Å². The van der Waals surface area contributed by atoms with Crippen LogP contribution in [0.5, 0.6) is 5.75 Å². The molecule has 3 aromatic carbocycles. The second kappa shape index (κ2) is 9.24. The summed E-state index contributed by atoms with van der Waals surface area (Å²) in [6.45, 7) is 2.00. The first-order valence-electron chi connectivity index (χ1n) is 10.2. The fourth-order valence-electron chi connectivity index (χ4n) is 3.62. The predicted molar refractivity (Wildman–Crippen MR) is 123 cm³/mol. The topological polar surface area (TPSA) is 70.4 Å². The fourth-order valence-corrected chi connectivity index (χ4v) is 3.75. The van der Waals surface area contributed by atoms with E-state index < -0.39 is 12.1 Å². The number of benzene rings is 3. The highest BCUT2D eigenvalue weighted by molar-refractivity contribution is 6.30. The SMILES string of the molecule is COc1ccc(/C=[N+]2\NC(=O)[C@H](NC(=O)c3ccc(Cl)cc3)[C@@H]2c2ccc(C)cc2)cc1. The van der Waals surface area contributed by atoms with Gasteiger partial charge in [0.05, 0.1) is 7.11 Å². The number of carbonyl (C=O) groups is 2. The van der Waals surface area contributed by atoms with E-state index >= 15 is 0 Å². The third-order valence-electron chi connectivity index (χ3n) is 5.35. The number of hydrazine groups is 1. The van der Waals surface area contributed by atoms with Gasteiger partial charge in [0.2, 0.25) is 12.3 Å². The van der Waals surface area contributed by atoms with Gasteiger partial charge in [-0.05, 0) is 55.5 Å². The van der Waals surface area contributed by atoms with Gasteiger partial charge >= 0.3 is 5.91 Å². The largest absolute Gasteiger partial charge is 0.497 e. The van der Waals surface area contributed by atoms with Crippen LogP contribution in [-0.4, -0.2) is 35.9 Å². The number of halogens is 1. The van der Waals surface area contributed by atoms with Crippen molar-refractivity contribution >= 4 is 29.6 Å². The number of amides is 2. The van der Waals surface area contributed by atoms with Crippen molar-refractivity contribution in [2.75, 3.05) is 7.11 Å². The van der Waals surface area contributed by atoms with Crippen LogP contribution >= 0.6 is 11.6 Å². The molecule has 1 heterocycles. The molecule has 0 aliphatic carbocycles. The number of hydrazone groups is 1. The lowest BCUT2D eigenvalue weighted by molar-refractivity contribution is -0.596. The van der Waals surface area contributed by atoms with Gasteiger partial charge in [0.15, 0.2) is 6.04 Å². The molecule has 0 bridgehead atoms. The molecule has 2 N–H and O–H groups in total. The summed E-state index contributed by atoms with van der Waals surface area (Å²) in [4.78, 5) is 25.8. The summed E-state index contributed by atoms with van der Waals surface area (Å²) in [6.07, 6.45) is 1.84. The first-order chi connectivity index (χ1) is 15.4. The Balaban J connectivity index is 1.68. The van der Waals surface area contributed by atoms with Gasteiger partial charge in [0.25, 0.3) is 5.91 Å². The summed E-state index contributed by atoms with van der Waals surface area (Å²) >= 11 is 5.93. The molecule has 1 aliphatic rings. The van der Waals surface area contributed by atoms with Crippen molar-refractivity contribution in [2.45, 2.75) is 19.0 Å². The lowest BCUT2D eigenvalue weighted by atomic mass is 9.98. The molecule has 0 radical (unpaired) electrons. The van der Waals surface area contributed by atoms with Crippen LogP contribution in [0, 0.1) is 6.92 Å². The molecule has 6 nitrogen and oxygen atoms in total. The fraction of sp³-hybridized carbons (Fsp3) is 0.160. The van der Waals surface area contributed by atoms with Gasteiger partial charge in [0, 0.05) is 21.7 Å². The maximum atomic E-state index is 12.9. The summed E-state index contributed by atoms with van der Waals surface area (Å²) in [6, 6.07) is 20.8. The zero-order valence-corrected chi connectivity index (χ0v) is 18.5. The number of carbonyl (C=O) groups excluding carboxylic acids is 2. The Labute approximate surface area is 191 Å². The molecule has 0 unspecified atom stereocenters. The highest BCUT2D eigenvalue weighted by Crippen LogP contribution is 2.26. The summed E-state index contributed by atoms with van der Waals surface area (Å²) < 4.78 is 6.95. The maximum Gasteiger partial charge on any atom is 0.304 e. The van der Waals surface area contributed by atoms with Gasteiger partial charge in [-0.2, -0.15) is 0 Å². The van der Waals surface area contributed by atoms with E-state index in [9.17, 15) is 9.59 Å². The Morgan fingerprint density at radius 3 is 2.31 bits per heavy atom. The Morgan fingerprint density at radius 2 is 1.69 bits per heavy atom. The average Bonchev–Trinajstić information content (AvgIpc) is 3.09. The number of ether oxygens (including phenoxy) is 1.